The average Bonchev–Trinajstić information content (AvgIpc) is 3.01. The molecule has 0 radical (unpaired) electrons. The molecule has 0 aliphatic heterocycles. The number of esters is 1. The fourth-order valence-electron chi connectivity index (χ4n) is 2.12. The van der Waals surface area contributed by atoms with E-state index in [0.29, 0.717) is 37.0 Å². The Hall–Kier alpha value is -2.23. The number of ether oxygens (including phenoxy) is 2. The molecule has 0 aliphatic rings. The SMILES string of the molecule is COC(=O)CSCC#CCOCCc1nc(-c2ccc(C)cc2)oc1C. The number of benzene rings is 1. The molecule has 2 aromatic rings. The number of rotatable bonds is 8. The smallest absolute Gasteiger partial charge is 0.315 e. The van der Waals surface area contributed by atoms with Gasteiger partial charge in [0.25, 0.3) is 0 Å². The molecule has 0 N–H and O–H groups in total. The third-order valence-electron chi connectivity index (χ3n) is 3.60. The first kappa shape index (κ1) is 20.1. The normalized spacial score (nSPS) is 10.3. The van der Waals surface area contributed by atoms with Crippen LogP contribution in [0.2, 0.25) is 0 Å². The van der Waals surface area contributed by atoms with Gasteiger partial charge in [-0.05, 0) is 26.0 Å². The van der Waals surface area contributed by atoms with E-state index < -0.39 is 0 Å². The molecule has 1 aromatic heterocycles. The standard InChI is InChI=1S/C20H23NO4S/c1-15-6-8-17(9-7-15)20-21-18(16(2)25-20)10-12-24-11-4-5-13-26-14-19(22)23-3/h6-9H,10-14H2,1-3H3. The maximum absolute atomic E-state index is 10.9. The van der Waals surface area contributed by atoms with Crippen LogP contribution in [-0.4, -0.2) is 42.8 Å². The van der Waals surface area contributed by atoms with Crippen LogP contribution in [0.5, 0.6) is 0 Å². The van der Waals surface area contributed by atoms with Crippen molar-refractivity contribution in [3.8, 4) is 23.3 Å². The minimum atomic E-state index is -0.235. The first-order valence-electron chi connectivity index (χ1n) is 8.31. The second-order valence-corrected chi connectivity index (χ2v) is 6.60. The molecule has 0 fully saturated rings. The van der Waals surface area contributed by atoms with Crippen molar-refractivity contribution in [1.29, 1.82) is 0 Å². The van der Waals surface area contributed by atoms with Crippen molar-refractivity contribution < 1.29 is 18.7 Å². The molecule has 26 heavy (non-hydrogen) atoms. The minimum Gasteiger partial charge on any atom is -0.468 e. The molecule has 1 aromatic carbocycles. The topological polar surface area (TPSA) is 61.6 Å². The van der Waals surface area contributed by atoms with Crippen LogP contribution in [0.4, 0.5) is 0 Å². The maximum atomic E-state index is 10.9. The molecule has 0 spiro atoms. The number of nitrogens with zero attached hydrogens (tertiary/aromatic N) is 1. The Labute approximate surface area is 158 Å². The number of methoxy groups -OCH3 is 1. The maximum Gasteiger partial charge on any atom is 0.315 e. The summed E-state index contributed by atoms with van der Waals surface area (Å²) >= 11 is 1.42. The summed E-state index contributed by atoms with van der Waals surface area (Å²) in [6, 6.07) is 8.10. The number of carbonyl (C=O) groups excluding carboxylic acids is 1. The zero-order valence-electron chi connectivity index (χ0n) is 15.3. The van der Waals surface area contributed by atoms with Gasteiger partial charge >= 0.3 is 5.97 Å². The van der Waals surface area contributed by atoms with Crippen LogP contribution in [0.3, 0.4) is 0 Å². The van der Waals surface area contributed by atoms with Crippen molar-refractivity contribution >= 4 is 17.7 Å². The highest BCUT2D eigenvalue weighted by Crippen LogP contribution is 2.22. The van der Waals surface area contributed by atoms with E-state index in [1.807, 2.05) is 38.1 Å². The van der Waals surface area contributed by atoms with E-state index in [4.69, 9.17) is 9.15 Å². The second kappa shape index (κ2) is 10.7. The Morgan fingerprint density at radius 3 is 2.73 bits per heavy atom. The van der Waals surface area contributed by atoms with E-state index in [2.05, 4.69) is 21.6 Å². The van der Waals surface area contributed by atoms with Crippen molar-refractivity contribution in [2.24, 2.45) is 0 Å². The van der Waals surface area contributed by atoms with E-state index in [1.54, 1.807) is 0 Å². The van der Waals surface area contributed by atoms with Crippen molar-refractivity contribution in [2.75, 3.05) is 31.8 Å². The van der Waals surface area contributed by atoms with Crippen molar-refractivity contribution in [3.63, 3.8) is 0 Å². The van der Waals surface area contributed by atoms with Gasteiger partial charge in [-0.3, -0.25) is 4.79 Å². The van der Waals surface area contributed by atoms with Crippen molar-refractivity contribution in [2.45, 2.75) is 20.3 Å². The molecule has 0 saturated carbocycles. The first-order valence-corrected chi connectivity index (χ1v) is 9.47. The van der Waals surface area contributed by atoms with Gasteiger partial charge in [-0.25, -0.2) is 4.98 Å². The molecule has 1 heterocycles. The lowest BCUT2D eigenvalue weighted by Crippen LogP contribution is -2.03. The molecule has 0 bridgehead atoms. The molecule has 5 nitrogen and oxygen atoms in total. The largest absolute Gasteiger partial charge is 0.468 e. The number of oxazole rings is 1. The van der Waals surface area contributed by atoms with Crippen LogP contribution in [-0.2, 0) is 20.7 Å². The average molecular weight is 373 g/mol. The Morgan fingerprint density at radius 2 is 2.00 bits per heavy atom. The summed E-state index contributed by atoms with van der Waals surface area (Å²) in [7, 11) is 1.38. The van der Waals surface area contributed by atoms with E-state index in [0.717, 1.165) is 17.0 Å². The Bertz CT molecular complexity index is 771. The quantitative estimate of drug-likeness (QED) is 0.401. The van der Waals surface area contributed by atoms with Crippen LogP contribution >= 0.6 is 11.8 Å². The van der Waals surface area contributed by atoms with Crippen LogP contribution < -0.4 is 0 Å². The number of thioether (sulfide) groups is 1. The number of hydrogen-bond acceptors (Lipinski definition) is 6. The van der Waals surface area contributed by atoms with Gasteiger partial charge in [0.1, 0.15) is 12.4 Å². The summed E-state index contributed by atoms with van der Waals surface area (Å²) in [4.78, 5) is 15.5. The third-order valence-corrected chi connectivity index (χ3v) is 4.38. The van der Waals surface area contributed by atoms with Gasteiger partial charge in [0, 0.05) is 12.0 Å². The highest BCUT2D eigenvalue weighted by atomic mass is 32.2. The minimum absolute atomic E-state index is 0.235. The molecule has 0 saturated heterocycles. The third kappa shape index (κ3) is 6.58. The molecule has 0 aliphatic carbocycles. The lowest BCUT2D eigenvalue weighted by Gasteiger charge is -1.98. The fraction of sp³-hybridized carbons (Fsp3) is 0.400. The van der Waals surface area contributed by atoms with Gasteiger partial charge in [-0.15, -0.1) is 11.8 Å². The van der Waals surface area contributed by atoms with Gasteiger partial charge < -0.3 is 13.9 Å². The summed E-state index contributed by atoms with van der Waals surface area (Å²) in [5.41, 5.74) is 3.08. The van der Waals surface area contributed by atoms with Crippen molar-refractivity contribution in [1.82, 2.24) is 4.98 Å². The van der Waals surface area contributed by atoms with Crippen LogP contribution in [0.25, 0.3) is 11.5 Å². The molecular weight excluding hydrogens is 350 g/mol. The monoisotopic (exact) mass is 373 g/mol. The fourth-order valence-corrected chi connectivity index (χ4v) is 2.71. The van der Waals surface area contributed by atoms with Crippen LogP contribution in [0.1, 0.15) is 17.0 Å². The lowest BCUT2D eigenvalue weighted by atomic mass is 10.1. The Morgan fingerprint density at radius 1 is 1.23 bits per heavy atom. The van der Waals surface area contributed by atoms with Gasteiger partial charge in [0.15, 0.2) is 0 Å². The summed E-state index contributed by atoms with van der Waals surface area (Å²) in [6.07, 6.45) is 0.681. The summed E-state index contributed by atoms with van der Waals surface area (Å²) in [5, 5.41) is 0. The summed E-state index contributed by atoms with van der Waals surface area (Å²) in [5.74, 6) is 8.00. The number of hydrogen-bond donors (Lipinski definition) is 0. The van der Waals surface area contributed by atoms with E-state index >= 15 is 0 Å². The first-order chi connectivity index (χ1) is 12.6. The molecule has 138 valence electrons. The van der Waals surface area contributed by atoms with Gasteiger partial charge in [0.2, 0.25) is 5.89 Å². The zero-order valence-corrected chi connectivity index (χ0v) is 16.1. The predicted molar refractivity (Wildman–Crippen MR) is 103 cm³/mol. The van der Waals surface area contributed by atoms with Crippen LogP contribution in [0.15, 0.2) is 28.7 Å². The molecule has 0 atom stereocenters. The Kier molecular flexibility index (Phi) is 8.26. The molecule has 6 heteroatoms. The number of aromatic nitrogens is 1. The molecule has 0 unspecified atom stereocenters. The Balaban J connectivity index is 1.70. The second-order valence-electron chi connectivity index (χ2n) is 5.61. The number of aryl methyl sites for hydroxylation is 2. The zero-order chi connectivity index (χ0) is 18.8. The molecule has 0 amide bonds. The van der Waals surface area contributed by atoms with E-state index in [-0.39, 0.29) is 5.97 Å². The summed E-state index contributed by atoms with van der Waals surface area (Å²) in [6.45, 7) is 4.86. The highest BCUT2D eigenvalue weighted by molar-refractivity contribution is 8.00. The van der Waals surface area contributed by atoms with Gasteiger partial charge in [-0.2, -0.15) is 0 Å². The molecule has 2 rings (SSSR count). The predicted octanol–water partition coefficient (Wildman–Crippen LogP) is 3.43. The van der Waals surface area contributed by atoms with E-state index in [1.165, 1.54) is 24.4 Å². The van der Waals surface area contributed by atoms with E-state index in [9.17, 15) is 4.79 Å². The molecular formula is C20H23NO4S. The highest BCUT2D eigenvalue weighted by Gasteiger charge is 2.11. The lowest BCUT2D eigenvalue weighted by molar-refractivity contribution is -0.137. The van der Waals surface area contributed by atoms with Gasteiger partial charge in [-0.1, -0.05) is 29.5 Å². The number of carbonyl (C=O) groups is 1. The summed E-state index contributed by atoms with van der Waals surface area (Å²) < 4.78 is 15.8. The van der Waals surface area contributed by atoms with Crippen LogP contribution in [0, 0.1) is 25.7 Å². The van der Waals surface area contributed by atoms with Crippen molar-refractivity contribution in [3.05, 3.63) is 41.3 Å². The van der Waals surface area contributed by atoms with Gasteiger partial charge in [0.05, 0.1) is 30.9 Å².